The Labute approximate surface area is 224 Å². The second-order valence-corrected chi connectivity index (χ2v) is 9.07. The maximum Gasteiger partial charge on any atom is 0.416 e. The number of unbranched alkanes of at least 4 members (excludes halogenated alkanes) is 7. The largest absolute Gasteiger partial charge is 0.550 e. The number of ether oxygens (including phenoxy) is 2. The summed E-state index contributed by atoms with van der Waals surface area (Å²) in [6, 6.07) is 8.75. The minimum absolute atomic E-state index is 0.0987. The monoisotopic (exact) mass is 556 g/mol. The van der Waals surface area contributed by atoms with Crippen LogP contribution in [0.3, 0.4) is 0 Å². The molecule has 1 amide bonds. The van der Waals surface area contributed by atoms with Crippen molar-refractivity contribution in [1.82, 2.24) is 0 Å². The van der Waals surface area contributed by atoms with Crippen molar-refractivity contribution in [2.45, 2.75) is 70.4 Å². The van der Waals surface area contributed by atoms with Crippen LogP contribution in [0.15, 0.2) is 42.5 Å². The van der Waals surface area contributed by atoms with Gasteiger partial charge < -0.3 is 24.7 Å². The number of anilines is 1. The van der Waals surface area contributed by atoms with E-state index in [1.54, 1.807) is 12.1 Å². The molecule has 208 valence electrons. The van der Waals surface area contributed by atoms with Crippen LogP contribution in [0.1, 0.15) is 69.8 Å². The third-order valence-corrected chi connectivity index (χ3v) is 5.80. The van der Waals surface area contributed by atoms with Crippen LogP contribution in [0.2, 0.25) is 5.02 Å². The van der Waals surface area contributed by atoms with Crippen LogP contribution in [-0.4, -0.2) is 24.5 Å². The first kappa shape index (κ1) is 31.0. The van der Waals surface area contributed by atoms with E-state index in [0.717, 1.165) is 57.1 Å². The fourth-order valence-corrected chi connectivity index (χ4v) is 3.68. The highest BCUT2D eigenvalue weighted by molar-refractivity contribution is 6.33. The van der Waals surface area contributed by atoms with E-state index in [1.807, 2.05) is 0 Å². The van der Waals surface area contributed by atoms with Crippen LogP contribution in [0.25, 0.3) is 0 Å². The Morgan fingerprint density at radius 3 is 2.03 bits per heavy atom. The molecule has 0 aromatic heterocycles. The van der Waals surface area contributed by atoms with Gasteiger partial charge >= 0.3 is 12.1 Å². The van der Waals surface area contributed by atoms with Gasteiger partial charge in [-0.3, -0.25) is 9.59 Å². The lowest BCUT2D eigenvalue weighted by Crippen LogP contribution is -2.21. The van der Waals surface area contributed by atoms with Crippen LogP contribution in [0, 0.1) is 0 Å². The molecule has 0 aliphatic carbocycles. The zero-order chi connectivity index (χ0) is 28.0. The lowest BCUT2D eigenvalue weighted by molar-refractivity contribution is -0.305. The molecule has 0 heterocycles. The Morgan fingerprint density at radius 1 is 0.842 bits per heavy atom. The molecule has 0 fully saturated rings. The highest BCUT2D eigenvalue weighted by Crippen LogP contribution is 2.33. The molecule has 7 nitrogen and oxygen atoms in total. The minimum Gasteiger partial charge on any atom is -0.550 e. The maximum absolute atomic E-state index is 12.9. The maximum atomic E-state index is 12.9. The molecule has 0 bridgehead atoms. The summed E-state index contributed by atoms with van der Waals surface area (Å²) in [5.74, 6) is -1.97. The van der Waals surface area contributed by atoms with Gasteiger partial charge in [-0.25, -0.2) is 0 Å². The van der Waals surface area contributed by atoms with E-state index in [9.17, 15) is 32.7 Å². The number of carboxylic acid groups (broad SMARTS) is 1. The number of hydrogen-bond donors (Lipinski definition) is 1. The van der Waals surface area contributed by atoms with Gasteiger partial charge in [0.05, 0.1) is 22.9 Å². The smallest absolute Gasteiger partial charge is 0.416 e. The first-order valence-electron chi connectivity index (χ1n) is 12.3. The van der Waals surface area contributed by atoms with E-state index in [4.69, 9.17) is 21.1 Å². The predicted molar refractivity (Wildman–Crippen MR) is 134 cm³/mol. The number of halogens is 4. The minimum atomic E-state index is -4.61. The summed E-state index contributed by atoms with van der Waals surface area (Å²) >= 11 is 5.84. The SMILES string of the molecule is O=C([O-])CCCCCCCCCCOc1ccc(OC(=O)CC(=O)Nc2cc(C(F)(F)F)ccc2Cl)cc1. The molecule has 0 saturated carbocycles. The van der Waals surface area contributed by atoms with Crippen molar-refractivity contribution in [3.05, 3.63) is 53.1 Å². The number of alkyl halides is 3. The van der Waals surface area contributed by atoms with Gasteiger partial charge in [0.15, 0.2) is 0 Å². The number of amides is 1. The third-order valence-electron chi connectivity index (χ3n) is 5.47. The summed E-state index contributed by atoms with van der Waals surface area (Å²) in [6.45, 7) is 0.531. The Morgan fingerprint density at radius 2 is 1.42 bits per heavy atom. The standard InChI is InChI=1S/C27H31ClF3NO6/c28-22-15-10-19(27(29,30)31)17-23(22)32-24(33)18-26(36)38-21-13-11-20(12-14-21)37-16-8-6-4-2-1-3-5-7-9-25(34)35/h10-15,17H,1-9,16,18H2,(H,32,33)(H,34,35)/p-1. The average molecular weight is 557 g/mol. The molecule has 0 atom stereocenters. The molecule has 0 saturated heterocycles. The molecule has 0 spiro atoms. The zero-order valence-corrected chi connectivity index (χ0v) is 21.5. The Bertz CT molecular complexity index is 1060. The second kappa shape index (κ2) is 15.9. The zero-order valence-electron chi connectivity index (χ0n) is 20.8. The molecule has 2 aromatic carbocycles. The van der Waals surface area contributed by atoms with Crippen molar-refractivity contribution in [2.24, 2.45) is 0 Å². The average Bonchev–Trinajstić information content (AvgIpc) is 2.84. The predicted octanol–water partition coefficient (Wildman–Crippen LogP) is 5.93. The third kappa shape index (κ3) is 12.3. The van der Waals surface area contributed by atoms with Crippen molar-refractivity contribution in [3.8, 4) is 11.5 Å². The summed E-state index contributed by atoms with van der Waals surface area (Å²) < 4.78 is 49.3. The summed E-state index contributed by atoms with van der Waals surface area (Å²) in [4.78, 5) is 34.5. The molecule has 38 heavy (non-hydrogen) atoms. The quantitative estimate of drug-likeness (QED) is 0.119. The molecule has 1 N–H and O–H groups in total. The van der Waals surface area contributed by atoms with E-state index in [-0.39, 0.29) is 22.9 Å². The van der Waals surface area contributed by atoms with Gasteiger partial charge in [-0.15, -0.1) is 0 Å². The second-order valence-electron chi connectivity index (χ2n) is 8.66. The van der Waals surface area contributed by atoms with Crippen molar-refractivity contribution in [2.75, 3.05) is 11.9 Å². The van der Waals surface area contributed by atoms with Crippen LogP contribution < -0.4 is 19.9 Å². The normalized spacial score (nSPS) is 11.2. The first-order valence-corrected chi connectivity index (χ1v) is 12.7. The Balaban J connectivity index is 1.63. The molecule has 0 aliphatic rings. The van der Waals surface area contributed by atoms with Gasteiger partial charge in [-0.2, -0.15) is 13.2 Å². The lowest BCUT2D eigenvalue weighted by atomic mass is 10.1. The number of carboxylic acids is 1. The molecule has 11 heteroatoms. The summed E-state index contributed by atoms with van der Waals surface area (Å²) in [7, 11) is 0. The van der Waals surface area contributed by atoms with E-state index < -0.39 is 36.0 Å². The van der Waals surface area contributed by atoms with Gasteiger partial charge in [-0.1, -0.05) is 50.1 Å². The van der Waals surface area contributed by atoms with Gasteiger partial charge in [0.25, 0.3) is 0 Å². The van der Waals surface area contributed by atoms with E-state index in [0.29, 0.717) is 24.8 Å². The molecular formula is C27H30ClF3NO6-. The number of carbonyl (C=O) groups excluding carboxylic acids is 3. The van der Waals surface area contributed by atoms with Crippen molar-refractivity contribution in [3.63, 3.8) is 0 Å². The highest BCUT2D eigenvalue weighted by atomic mass is 35.5. The number of hydrogen-bond acceptors (Lipinski definition) is 6. The molecule has 0 unspecified atom stereocenters. The van der Waals surface area contributed by atoms with Crippen LogP contribution >= 0.6 is 11.6 Å². The molecular weight excluding hydrogens is 527 g/mol. The highest BCUT2D eigenvalue weighted by Gasteiger charge is 2.31. The number of nitrogens with one attached hydrogen (secondary N) is 1. The van der Waals surface area contributed by atoms with Gasteiger partial charge in [0.2, 0.25) is 5.91 Å². The number of benzene rings is 2. The fourth-order valence-electron chi connectivity index (χ4n) is 3.52. The molecule has 0 radical (unpaired) electrons. The number of esters is 1. The van der Waals surface area contributed by atoms with Gasteiger partial charge in [-0.05, 0) is 61.7 Å². The lowest BCUT2D eigenvalue weighted by Gasteiger charge is -2.11. The Kier molecular flexibility index (Phi) is 12.9. The summed E-state index contributed by atoms with van der Waals surface area (Å²) in [5.41, 5.74) is -1.24. The molecule has 2 aromatic rings. The van der Waals surface area contributed by atoms with Crippen molar-refractivity contribution < 1.29 is 42.1 Å². The summed E-state index contributed by atoms with van der Waals surface area (Å²) in [5, 5.41) is 12.4. The fraction of sp³-hybridized carbons (Fsp3) is 0.444. The van der Waals surface area contributed by atoms with E-state index >= 15 is 0 Å². The Hall–Kier alpha value is -3.27. The molecule has 0 aliphatic heterocycles. The van der Waals surface area contributed by atoms with Crippen LogP contribution in [0.4, 0.5) is 18.9 Å². The first-order chi connectivity index (χ1) is 18.0. The van der Waals surface area contributed by atoms with Crippen LogP contribution in [0.5, 0.6) is 11.5 Å². The topological polar surface area (TPSA) is 105 Å². The molecule has 2 rings (SSSR count). The number of carbonyl (C=O) groups is 3. The van der Waals surface area contributed by atoms with Crippen molar-refractivity contribution >= 4 is 35.1 Å². The van der Waals surface area contributed by atoms with E-state index in [1.165, 1.54) is 12.1 Å². The van der Waals surface area contributed by atoms with Crippen molar-refractivity contribution in [1.29, 1.82) is 0 Å². The van der Waals surface area contributed by atoms with Gasteiger partial charge in [0.1, 0.15) is 17.9 Å². The van der Waals surface area contributed by atoms with Crippen LogP contribution in [-0.2, 0) is 20.6 Å². The summed E-state index contributed by atoms with van der Waals surface area (Å²) in [6.07, 6.45) is 2.54. The van der Waals surface area contributed by atoms with Gasteiger partial charge in [0, 0.05) is 5.97 Å². The number of rotatable bonds is 16. The van der Waals surface area contributed by atoms with E-state index in [2.05, 4.69) is 5.32 Å². The number of aliphatic carboxylic acids is 1.